The highest BCUT2D eigenvalue weighted by atomic mass is 35.5. The van der Waals surface area contributed by atoms with Gasteiger partial charge in [-0.2, -0.15) is 15.0 Å². The van der Waals surface area contributed by atoms with Crippen LogP contribution in [0.3, 0.4) is 0 Å². The van der Waals surface area contributed by atoms with Crippen LogP contribution in [-0.4, -0.2) is 16.9 Å². The Balaban J connectivity index is 1.70. The molecule has 1 aliphatic rings. The summed E-state index contributed by atoms with van der Waals surface area (Å²) >= 11 is 13.0. The maximum absolute atomic E-state index is 13.4. The molecule has 8 nitrogen and oxygen atoms in total. The van der Waals surface area contributed by atoms with E-state index in [4.69, 9.17) is 47.9 Å². The van der Waals surface area contributed by atoms with Gasteiger partial charge < -0.3 is 19.6 Å². The van der Waals surface area contributed by atoms with E-state index in [-0.39, 0.29) is 33.6 Å². The molecule has 1 unspecified atom stereocenters. The van der Waals surface area contributed by atoms with Gasteiger partial charge in [-0.15, -0.1) is 0 Å². The zero-order valence-electron chi connectivity index (χ0n) is 20.3. The van der Waals surface area contributed by atoms with E-state index >= 15 is 0 Å². The summed E-state index contributed by atoms with van der Waals surface area (Å²) < 4.78 is 18.5. The smallest absolute Gasteiger partial charge is 0.345 e. The highest BCUT2D eigenvalue weighted by Crippen LogP contribution is 2.49. The number of hydrogen-bond donors (Lipinski definition) is 1. The standard InChI is InChI=1S/C29H18Cl2N4O4/c1-37-17-11-10-15-12-19(29(36)38-22(15)13-17)26-24-23(18-8-5-9-21(30)25(18)31)20(14-32)27(33)39-28(24)35(34-26)16-6-3-2-4-7-16/h2-13,23H,33H2,1H3. The topological polar surface area (TPSA) is 116 Å². The van der Waals surface area contributed by atoms with Crippen molar-refractivity contribution in [2.75, 3.05) is 7.11 Å². The number of para-hydroxylation sites is 1. The lowest BCUT2D eigenvalue weighted by atomic mass is 9.83. The largest absolute Gasteiger partial charge is 0.497 e. The van der Waals surface area contributed by atoms with Crippen LogP contribution in [0.2, 0.25) is 10.0 Å². The van der Waals surface area contributed by atoms with E-state index in [1.54, 1.807) is 42.5 Å². The van der Waals surface area contributed by atoms with Gasteiger partial charge in [0.05, 0.1) is 39.9 Å². The maximum Gasteiger partial charge on any atom is 0.345 e. The second-order valence-electron chi connectivity index (χ2n) is 8.73. The van der Waals surface area contributed by atoms with E-state index < -0.39 is 11.5 Å². The fourth-order valence-corrected chi connectivity index (χ4v) is 5.14. The lowest BCUT2D eigenvalue weighted by Gasteiger charge is -2.26. The molecule has 0 saturated carbocycles. The molecule has 2 N–H and O–H groups in total. The van der Waals surface area contributed by atoms with Crippen molar-refractivity contribution in [1.29, 1.82) is 5.26 Å². The fraction of sp³-hybridized carbons (Fsp3) is 0.0690. The minimum Gasteiger partial charge on any atom is -0.497 e. The van der Waals surface area contributed by atoms with Crippen LogP contribution in [0.15, 0.2) is 93.5 Å². The van der Waals surface area contributed by atoms with Crippen LogP contribution < -0.4 is 20.8 Å². The molecule has 1 atom stereocenters. The highest BCUT2D eigenvalue weighted by molar-refractivity contribution is 6.42. The summed E-state index contributed by atoms with van der Waals surface area (Å²) in [6, 6.07) is 23.3. The van der Waals surface area contributed by atoms with E-state index in [1.165, 1.54) is 11.8 Å². The molecule has 0 radical (unpaired) electrons. The third-order valence-corrected chi connectivity index (χ3v) is 7.37. The quantitative estimate of drug-likeness (QED) is 0.262. The van der Waals surface area contributed by atoms with Crippen molar-refractivity contribution in [3.63, 3.8) is 0 Å². The zero-order valence-corrected chi connectivity index (χ0v) is 21.8. The Bertz CT molecular complexity index is 1910. The highest BCUT2D eigenvalue weighted by Gasteiger charge is 2.39. The first-order valence-electron chi connectivity index (χ1n) is 11.7. The number of benzene rings is 3. The minimum absolute atomic E-state index is 0.104. The average Bonchev–Trinajstić information content (AvgIpc) is 3.32. The Labute approximate surface area is 232 Å². The van der Waals surface area contributed by atoms with Crippen LogP contribution in [0, 0.1) is 11.3 Å². The van der Waals surface area contributed by atoms with Gasteiger partial charge in [-0.1, -0.05) is 53.5 Å². The number of nitriles is 1. The summed E-state index contributed by atoms with van der Waals surface area (Å²) in [6.45, 7) is 0. The van der Waals surface area contributed by atoms with Crippen LogP contribution in [0.1, 0.15) is 17.0 Å². The normalized spacial score (nSPS) is 14.6. The molecule has 0 aliphatic carbocycles. The van der Waals surface area contributed by atoms with Crippen molar-refractivity contribution in [2.45, 2.75) is 5.92 Å². The first kappa shape index (κ1) is 24.6. The van der Waals surface area contributed by atoms with Crippen LogP contribution in [0.5, 0.6) is 11.6 Å². The molecule has 5 aromatic rings. The minimum atomic E-state index is -0.830. The van der Waals surface area contributed by atoms with Crippen LogP contribution in [0.4, 0.5) is 0 Å². The zero-order chi connectivity index (χ0) is 27.3. The first-order chi connectivity index (χ1) is 18.9. The van der Waals surface area contributed by atoms with E-state index in [0.717, 1.165) is 0 Å². The Morgan fingerprint density at radius 1 is 1.08 bits per heavy atom. The fourth-order valence-electron chi connectivity index (χ4n) is 4.72. The average molecular weight is 557 g/mol. The number of fused-ring (bicyclic) bond motifs is 2. The Morgan fingerprint density at radius 3 is 2.62 bits per heavy atom. The molecule has 0 spiro atoms. The number of hydrogen-bond acceptors (Lipinski definition) is 7. The summed E-state index contributed by atoms with van der Waals surface area (Å²) in [7, 11) is 1.53. The van der Waals surface area contributed by atoms with Gasteiger partial charge in [0, 0.05) is 11.5 Å². The van der Waals surface area contributed by atoms with Crippen molar-refractivity contribution in [2.24, 2.45) is 5.73 Å². The Kier molecular flexibility index (Phi) is 6.03. The second-order valence-corrected chi connectivity index (χ2v) is 9.52. The summed E-state index contributed by atoms with van der Waals surface area (Å²) in [5.74, 6) is -0.147. The van der Waals surface area contributed by atoms with E-state index in [0.29, 0.717) is 38.6 Å². The summed E-state index contributed by atoms with van der Waals surface area (Å²) in [4.78, 5) is 13.4. The molecule has 2 aromatic heterocycles. The number of methoxy groups -OCH3 is 1. The molecule has 0 amide bonds. The predicted octanol–water partition coefficient (Wildman–Crippen LogP) is 6.18. The molecule has 3 aromatic carbocycles. The van der Waals surface area contributed by atoms with Gasteiger partial charge in [-0.05, 0) is 42.0 Å². The van der Waals surface area contributed by atoms with Gasteiger partial charge in [-0.25, -0.2) is 4.79 Å². The molecule has 3 heterocycles. The lowest BCUT2D eigenvalue weighted by Crippen LogP contribution is -2.22. The second kappa shape index (κ2) is 9.55. The third-order valence-electron chi connectivity index (χ3n) is 6.54. The molecule has 10 heteroatoms. The molecule has 0 saturated heterocycles. The summed E-state index contributed by atoms with van der Waals surface area (Å²) in [5, 5.41) is 16.1. The SMILES string of the molecule is COc1ccc2cc(-c3nn(-c4ccccc4)c4c3C(c3cccc(Cl)c3Cl)C(C#N)=C(N)O4)c(=O)oc2c1. The number of nitrogens with zero attached hydrogens (tertiary/aromatic N) is 3. The molecule has 39 heavy (non-hydrogen) atoms. The third kappa shape index (κ3) is 4.00. The van der Waals surface area contributed by atoms with Crippen LogP contribution in [-0.2, 0) is 0 Å². The van der Waals surface area contributed by atoms with Crippen molar-refractivity contribution in [3.8, 4) is 34.6 Å². The van der Waals surface area contributed by atoms with E-state index in [9.17, 15) is 10.1 Å². The van der Waals surface area contributed by atoms with Gasteiger partial charge in [0.1, 0.15) is 28.7 Å². The Morgan fingerprint density at radius 2 is 1.87 bits per heavy atom. The molecule has 192 valence electrons. The molecular formula is C29H18Cl2N4O4. The molecule has 0 fully saturated rings. The van der Waals surface area contributed by atoms with Crippen molar-refractivity contribution >= 4 is 34.2 Å². The van der Waals surface area contributed by atoms with Crippen LogP contribution in [0.25, 0.3) is 27.9 Å². The van der Waals surface area contributed by atoms with Gasteiger partial charge >= 0.3 is 5.63 Å². The van der Waals surface area contributed by atoms with Gasteiger partial charge in [-0.3, -0.25) is 0 Å². The number of aromatic nitrogens is 2. The van der Waals surface area contributed by atoms with E-state index in [2.05, 4.69) is 6.07 Å². The molecule has 6 rings (SSSR count). The Hall–Kier alpha value is -4.71. The van der Waals surface area contributed by atoms with Crippen molar-refractivity contribution in [1.82, 2.24) is 9.78 Å². The van der Waals surface area contributed by atoms with Gasteiger partial charge in [0.2, 0.25) is 11.8 Å². The number of nitrogens with two attached hydrogens (primary N) is 1. The number of halogens is 2. The van der Waals surface area contributed by atoms with Crippen LogP contribution >= 0.6 is 23.2 Å². The van der Waals surface area contributed by atoms with Gasteiger partial charge in [0.15, 0.2) is 0 Å². The first-order valence-corrected chi connectivity index (χ1v) is 12.5. The molecular weight excluding hydrogens is 539 g/mol. The number of ether oxygens (including phenoxy) is 2. The number of rotatable bonds is 4. The lowest BCUT2D eigenvalue weighted by molar-refractivity contribution is 0.367. The molecule has 0 bridgehead atoms. The molecule has 1 aliphatic heterocycles. The summed E-state index contributed by atoms with van der Waals surface area (Å²) in [5.41, 5.74) is 8.11. The number of allylic oxidation sites excluding steroid dienone is 1. The van der Waals surface area contributed by atoms with Crippen molar-refractivity contribution in [3.05, 3.63) is 116 Å². The monoisotopic (exact) mass is 556 g/mol. The predicted molar refractivity (Wildman–Crippen MR) is 147 cm³/mol. The van der Waals surface area contributed by atoms with E-state index in [1.807, 2.05) is 30.3 Å². The maximum atomic E-state index is 13.4. The summed E-state index contributed by atoms with van der Waals surface area (Å²) in [6.07, 6.45) is 0. The van der Waals surface area contributed by atoms with Gasteiger partial charge in [0.25, 0.3) is 0 Å². The van der Waals surface area contributed by atoms with Crippen molar-refractivity contribution < 1.29 is 13.9 Å².